The maximum atomic E-state index is 14.2. The molecule has 0 unspecified atom stereocenters. The third-order valence-electron chi connectivity index (χ3n) is 13.9. The summed E-state index contributed by atoms with van der Waals surface area (Å²) in [4.78, 5) is 14.2. The summed E-state index contributed by atoms with van der Waals surface area (Å²) in [5.74, 6) is 4.00. The molecular weight excluding hydrogens is 544 g/mol. The van der Waals surface area contributed by atoms with E-state index >= 15 is 0 Å². The minimum absolute atomic E-state index is 0.0264. The zero-order valence-corrected chi connectivity index (χ0v) is 29.4. The smallest absolute Gasteiger partial charge is 0.167 e. The lowest BCUT2D eigenvalue weighted by molar-refractivity contribution is -0.201. The van der Waals surface area contributed by atoms with Crippen molar-refractivity contribution >= 4 is 11.9 Å². The third-order valence-corrected chi connectivity index (χ3v) is 13.9. The Hall–Kier alpha value is -2.07. The molecule has 4 nitrogen and oxygen atoms in total. The fraction of sp³-hybridized carbons (Fsp3) is 0.725. The molecule has 4 aliphatic rings. The summed E-state index contributed by atoms with van der Waals surface area (Å²) >= 11 is 0. The number of ether oxygens (including phenoxy) is 2. The van der Waals surface area contributed by atoms with E-state index in [4.69, 9.17) is 9.47 Å². The SMILES string of the molecule is COc1cccc(/C=C2/C[C@]3(C)[C@H]4CC[C@@H]5[C@@H]([C@@](C)(O)CC/C=C/C(C)C)CC[C@@]5(C)[C@]4(C)CC[C@H]3C(C)(C)C2=O)c1OC. The van der Waals surface area contributed by atoms with Gasteiger partial charge in [-0.05, 0) is 128 Å². The molecular formula is C40H60O4. The number of methoxy groups -OCH3 is 2. The number of carbonyl (C=O) groups excluding carboxylic acids is 1. The zero-order chi connectivity index (χ0) is 32.3. The molecule has 4 fully saturated rings. The van der Waals surface area contributed by atoms with Crippen LogP contribution in [0.1, 0.15) is 119 Å². The van der Waals surface area contributed by atoms with Gasteiger partial charge in [0.05, 0.1) is 19.8 Å². The average molecular weight is 605 g/mol. The van der Waals surface area contributed by atoms with Gasteiger partial charge in [0, 0.05) is 11.0 Å². The van der Waals surface area contributed by atoms with Gasteiger partial charge in [-0.3, -0.25) is 4.79 Å². The molecule has 4 aliphatic carbocycles. The first kappa shape index (κ1) is 33.3. The molecule has 1 aromatic carbocycles. The van der Waals surface area contributed by atoms with E-state index in [0.29, 0.717) is 41.1 Å². The molecule has 5 rings (SSSR count). The number of Topliss-reactive ketones (excluding diaryl/α,β-unsaturated/α-hetero) is 1. The average Bonchev–Trinajstić information content (AvgIpc) is 3.33. The van der Waals surface area contributed by atoms with Crippen LogP contribution < -0.4 is 9.47 Å². The van der Waals surface area contributed by atoms with E-state index in [0.717, 1.165) is 43.2 Å². The van der Waals surface area contributed by atoms with Gasteiger partial charge in [0.2, 0.25) is 0 Å². The van der Waals surface area contributed by atoms with Crippen molar-refractivity contribution in [1.82, 2.24) is 0 Å². The van der Waals surface area contributed by atoms with Gasteiger partial charge >= 0.3 is 0 Å². The maximum absolute atomic E-state index is 14.2. The topological polar surface area (TPSA) is 55.8 Å². The van der Waals surface area contributed by atoms with Gasteiger partial charge in [-0.15, -0.1) is 0 Å². The summed E-state index contributed by atoms with van der Waals surface area (Å²) < 4.78 is 11.3. The van der Waals surface area contributed by atoms with Crippen LogP contribution in [0.25, 0.3) is 6.08 Å². The summed E-state index contributed by atoms with van der Waals surface area (Å²) in [6, 6.07) is 5.91. The second-order valence-electron chi connectivity index (χ2n) is 16.9. The number of hydrogen-bond acceptors (Lipinski definition) is 4. The van der Waals surface area contributed by atoms with E-state index in [2.05, 4.69) is 73.6 Å². The standard InChI is InChI=1S/C40H60O4/c1-26(2)14-11-12-21-40(8,42)30-19-22-38(6)29(30)17-18-33-37(5)25-28(24-27-15-13-16-31(43-9)34(27)44-10)35(41)36(3,4)32(37)20-23-39(33,38)7/h11,13-16,24,26,29-30,32-33,42H,12,17-23,25H2,1-10H3/b14-11+,28-24-/t29-,30+,32+,33-,37+,38-,39-,40+/m1/s1. The molecule has 244 valence electrons. The van der Waals surface area contributed by atoms with Gasteiger partial charge in [0.1, 0.15) is 0 Å². The number of rotatable bonds is 8. The predicted molar refractivity (Wildman–Crippen MR) is 181 cm³/mol. The lowest BCUT2D eigenvalue weighted by Gasteiger charge is -2.69. The second kappa shape index (κ2) is 11.6. The first-order valence-electron chi connectivity index (χ1n) is 17.4. The normalized spacial score (nSPS) is 38.7. The van der Waals surface area contributed by atoms with E-state index in [1.807, 2.05) is 18.2 Å². The van der Waals surface area contributed by atoms with Crippen LogP contribution >= 0.6 is 0 Å². The molecule has 0 spiro atoms. The fourth-order valence-electron chi connectivity index (χ4n) is 11.6. The molecule has 1 aromatic rings. The summed E-state index contributed by atoms with van der Waals surface area (Å²) in [7, 11) is 3.33. The van der Waals surface area contributed by atoms with Crippen LogP contribution in [0.15, 0.2) is 35.9 Å². The Morgan fingerprint density at radius 2 is 1.68 bits per heavy atom. The second-order valence-corrected chi connectivity index (χ2v) is 16.9. The Bertz CT molecular complexity index is 1300. The van der Waals surface area contributed by atoms with Crippen LogP contribution in [-0.2, 0) is 4.79 Å². The Kier molecular flexibility index (Phi) is 8.80. The number of para-hydroxylation sites is 1. The molecule has 4 heteroatoms. The molecule has 0 aromatic heterocycles. The van der Waals surface area contributed by atoms with E-state index in [-0.39, 0.29) is 22.0 Å². The summed E-state index contributed by atoms with van der Waals surface area (Å²) in [6.45, 7) is 18.7. The number of carbonyl (C=O) groups is 1. The van der Waals surface area contributed by atoms with Gasteiger partial charge in [-0.2, -0.15) is 0 Å². The van der Waals surface area contributed by atoms with Crippen molar-refractivity contribution in [3.8, 4) is 11.5 Å². The molecule has 0 radical (unpaired) electrons. The van der Waals surface area contributed by atoms with E-state index in [9.17, 15) is 9.90 Å². The number of hydrogen-bond donors (Lipinski definition) is 1. The van der Waals surface area contributed by atoms with Crippen molar-refractivity contribution < 1.29 is 19.4 Å². The van der Waals surface area contributed by atoms with Crippen LogP contribution in [-0.4, -0.2) is 30.7 Å². The molecule has 0 amide bonds. The summed E-state index contributed by atoms with van der Waals surface area (Å²) in [5, 5.41) is 11.9. The van der Waals surface area contributed by atoms with Gasteiger partial charge < -0.3 is 14.6 Å². The predicted octanol–water partition coefficient (Wildman–Crippen LogP) is 9.69. The number of fused-ring (bicyclic) bond motifs is 5. The lowest BCUT2D eigenvalue weighted by atomic mass is 9.35. The largest absolute Gasteiger partial charge is 0.493 e. The van der Waals surface area contributed by atoms with Crippen molar-refractivity contribution in [2.24, 2.45) is 51.2 Å². The van der Waals surface area contributed by atoms with Gasteiger partial charge in [-0.25, -0.2) is 0 Å². The number of allylic oxidation sites excluding steroid dienone is 3. The van der Waals surface area contributed by atoms with Crippen molar-refractivity contribution in [3.63, 3.8) is 0 Å². The minimum atomic E-state index is -0.640. The Morgan fingerprint density at radius 1 is 0.977 bits per heavy atom. The zero-order valence-electron chi connectivity index (χ0n) is 29.4. The fourth-order valence-corrected chi connectivity index (χ4v) is 11.6. The monoisotopic (exact) mass is 604 g/mol. The highest BCUT2D eigenvalue weighted by Gasteiger charge is 2.69. The van der Waals surface area contributed by atoms with Crippen molar-refractivity contribution in [3.05, 3.63) is 41.5 Å². The Labute approximate surface area is 268 Å². The highest BCUT2D eigenvalue weighted by Crippen LogP contribution is 2.76. The molecule has 0 bridgehead atoms. The van der Waals surface area contributed by atoms with E-state index in [1.54, 1.807) is 14.2 Å². The van der Waals surface area contributed by atoms with Gasteiger partial charge in [0.15, 0.2) is 17.3 Å². The highest BCUT2D eigenvalue weighted by molar-refractivity contribution is 6.04. The lowest BCUT2D eigenvalue weighted by Crippen LogP contribution is -2.64. The van der Waals surface area contributed by atoms with E-state index < -0.39 is 11.0 Å². The molecule has 8 atom stereocenters. The maximum Gasteiger partial charge on any atom is 0.167 e. The van der Waals surface area contributed by atoms with Crippen LogP contribution in [0, 0.1) is 51.2 Å². The van der Waals surface area contributed by atoms with Gasteiger partial charge in [0.25, 0.3) is 0 Å². The quantitative estimate of drug-likeness (QED) is 0.237. The number of benzene rings is 1. The molecule has 0 aliphatic heterocycles. The third kappa shape index (κ3) is 5.10. The van der Waals surface area contributed by atoms with Crippen molar-refractivity contribution in [1.29, 1.82) is 0 Å². The van der Waals surface area contributed by atoms with Crippen LogP contribution in [0.3, 0.4) is 0 Å². The molecule has 1 N–H and O–H groups in total. The Morgan fingerprint density at radius 3 is 2.34 bits per heavy atom. The van der Waals surface area contributed by atoms with Crippen molar-refractivity contribution in [2.45, 2.75) is 119 Å². The summed E-state index contributed by atoms with van der Waals surface area (Å²) in [6.07, 6.45) is 16.2. The molecule has 44 heavy (non-hydrogen) atoms. The number of aliphatic hydroxyl groups is 1. The molecule has 0 heterocycles. The number of ketones is 1. The first-order chi connectivity index (χ1) is 20.6. The van der Waals surface area contributed by atoms with Crippen molar-refractivity contribution in [2.75, 3.05) is 14.2 Å². The van der Waals surface area contributed by atoms with Gasteiger partial charge in [-0.1, -0.05) is 72.8 Å². The van der Waals surface area contributed by atoms with E-state index in [1.165, 1.54) is 25.7 Å². The van der Waals surface area contributed by atoms with Crippen LogP contribution in [0.5, 0.6) is 11.5 Å². The highest BCUT2D eigenvalue weighted by atomic mass is 16.5. The van der Waals surface area contributed by atoms with Crippen LogP contribution in [0.2, 0.25) is 0 Å². The van der Waals surface area contributed by atoms with Crippen LogP contribution in [0.4, 0.5) is 0 Å². The molecule has 0 saturated heterocycles. The Balaban J connectivity index is 1.48. The molecule has 4 saturated carbocycles. The minimum Gasteiger partial charge on any atom is -0.493 e. The summed E-state index contributed by atoms with van der Waals surface area (Å²) in [5.41, 5.74) is 1.17. The first-order valence-corrected chi connectivity index (χ1v) is 17.4.